The van der Waals surface area contributed by atoms with E-state index in [1.54, 1.807) is 6.07 Å². The minimum absolute atomic E-state index is 0.738. The maximum atomic E-state index is 5.99. The van der Waals surface area contributed by atoms with Crippen LogP contribution in [0.4, 0.5) is 0 Å². The van der Waals surface area contributed by atoms with Gasteiger partial charge in [-0.2, -0.15) is 0 Å². The molecule has 0 nitrogen and oxygen atoms in total. The molecule has 0 fully saturated rings. The molecule has 0 bridgehead atoms. The second kappa shape index (κ2) is 4.15. The Kier molecular flexibility index (Phi) is 3.42. The van der Waals surface area contributed by atoms with E-state index in [0.29, 0.717) is 0 Å². The monoisotopic (exact) mass is 201 g/mol. The molecule has 0 unspecified atom stereocenters. The van der Waals surface area contributed by atoms with E-state index >= 15 is 0 Å². The second-order valence-electron chi connectivity index (χ2n) is 2.76. The van der Waals surface area contributed by atoms with E-state index in [4.69, 9.17) is 23.2 Å². The Morgan fingerprint density at radius 1 is 1.33 bits per heavy atom. The zero-order chi connectivity index (χ0) is 9.14. The van der Waals surface area contributed by atoms with Crippen molar-refractivity contribution in [2.45, 2.75) is 20.3 Å². The highest BCUT2D eigenvalue weighted by atomic mass is 35.5. The number of rotatable bonds is 2. The van der Waals surface area contributed by atoms with Crippen molar-refractivity contribution in [3.05, 3.63) is 39.7 Å². The fourth-order valence-electron chi connectivity index (χ4n) is 1.01. The summed E-state index contributed by atoms with van der Waals surface area (Å²) in [6.45, 7) is 4.17. The largest absolute Gasteiger partial charge is 0.0843 e. The molecule has 0 aromatic heterocycles. The Balaban J connectivity index is 3.04. The van der Waals surface area contributed by atoms with E-state index in [-0.39, 0.29) is 0 Å². The quantitative estimate of drug-likeness (QED) is 0.668. The van der Waals surface area contributed by atoms with Gasteiger partial charge in [-0.25, -0.2) is 0 Å². The summed E-state index contributed by atoms with van der Waals surface area (Å²) in [5.41, 5.74) is 1.06. The lowest BCUT2D eigenvalue weighted by molar-refractivity contribution is 0.958. The van der Waals surface area contributed by atoms with Crippen molar-refractivity contribution in [2.75, 3.05) is 0 Å². The summed E-state index contributed by atoms with van der Waals surface area (Å²) in [7, 11) is 0. The highest BCUT2D eigenvalue weighted by molar-refractivity contribution is 6.33. The predicted octanol–water partition coefficient (Wildman–Crippen LogP) is 4.35. The SMILES string of the molecule is CC[C](C)c1cc(Cl)ccc1Cl. The summed E-state index contributed by atoms with van der Waals surface area (Å²) >= 11 is 11.8. The third-order valence-electron chi connectivity index (χ3n) is 1.92. The van der Waals surface area contributed by atoms with Gasteiger partial charge in [-0.3, -0.25) is 0 Å². The summed E-state index contributed by atoms with van der Waals surface area (Å²) in [6.07, 6.45) is 1.00. The zero-order valence-electron chi connectivity index (χ0n) is 7.20. The fourth-order valence-corrected chi connectivity index (χ4v) is 1.47. The molecule has 0 heterocycles. The van der Waals surface area contributed by atoms with Crippen LogP contribution in [0.15, 0.2) is 18.2 Å². The highest BCUT2D eigenvalue weighted by Crippen LogP contribution is 2.28. The molecule has 0 amide bonds. The standard InChI is InChI=1S/C10H11Cl2/c1-3-7(2)9-6-8(11)4-5-10(9)12/h4-6H,3H2,1-2H3. The fraction of sp³-hybridized carbons (Fsp3) is 0.300. The van der Waals surface area contributed by atoms with Gasteiger partial charge in [-0.15, -0.1) is 0 Å². The van der Waals surface area contributed by atoms with E-state index < -0.39 is 0 Å². The molecule has 1 radical (unpaired) electrons. The molecule has 0 aliphatic carbocycles. The van der Waals surface area contributed by atoms with Gasteiger partial charge in [-0.05, 0) is 30.2 Å². The number of benzene rings is 1. The summed E-state index contributed by atoms with van der Waals surface area (Å²) in [5, 5.41) is 1.51. The van der Waals surface area contributed by atoms with Crippen molar-refractivity contribution in [1.29, 1.82) is 0 Å². The zero-order valence-corrected chi connectivity index (χ0v) is 8.71. The third-order valence-corrected chi connectivity index (χ3v) is 2.48. The lowest BCUT2D eigenvalue weighted by Crippen LogP contribution is -1.93. The van der Waals surface area contributed by atoms with Gasteiger partial charge < -0.3 is 0 Å². The van der Waals surface area contributed by atoms with Crippen LogP contribution in [0.1, 0.15) is 25.8 Å². The van der Waals surface area contributed by atoms with Crippen LogP contribution in [0.3, 0.4) is 0 Å². The second-order valence-corrected chi connectivity index (χ2v) is 3.60. The van der Waals surface area contributed by atoms with E-state index in [1.807, 2.05) is 12.1 Å². The maximum Gasteiger partial charge on any atom is 0.0444 e. The number of hydrogen-bond acceptors (Lipinski definition) is 0. The van der Waals surface area contributed by atoms with Gasteiger partial charge in [-0.1, -0.05) is 37.0 Å². The highest BCUT2D eigenvalue weighted by Gasteiger charge is 2.08. The van der Waals surface area contributed by atoms with Crippen molar-refractivity contribution >= 4 is 23.2 Å². The number of hydrogen-bond donors (Lipinski definition) is 0. The first-order chi connectivity index (χ1) is 5.65. The van der Waals surface area contributed by atoms with Gasteiger partial charge in [0.1, 0.15) is 0 Å². The summed E-state index contributed by atoms with van der Waals surface area (Å²) in [5.74, 6) is 1.27. The van der Waals surface area contributed by atoms with Crippen molar-refractivity contribution in [3.63, 3.8) is 0 Å². The van der Waals surface area contributed by atoms with Crippen molar-refractivity contribution in [3.8, 4) is 0 Å². The van der Waals surface area contributed by atoms with Crippen LogP contribution in [0, 0.1) is 5.92 Å². The average molecular weight is 202 g/mol. The molecule has 2 heteroatoms. The van der Waals surface area contributed by atoms with Gasteiger partial charge >= 0.3 is 0 Å². The van der Waals surface area contributed by atoms with Crippen LogP contribution < -0.4 is 0 Å². The van der Waals surface area contributed by atoms with Gasteiger partial charge in [0.05, 0.1) is 0 Å². The first-order valence-electron chi connectivity index (χ1n) is 3.93. The van der Waals surface area contributed by atoms with Gasteiger partial charge in [0, 0.05) is 16.0 Å². The third kappa shape index (κ3) is 2.15. The van der Waals surface area contributed by atoms with Crippen molar-refractivity contribution in [2.24, 2.45) is 0 Å². The molecule has 12 heavy (non-hydrogen) atoms. The molecule has 1 aromatic carbocycles. The van der Waals surface area contributed by atoms with E-state index in [0.717, 1.165) is 22.0 Å². The Morgan fingerprint density at radius 3 is 2.58 bits per heavy atom. The van der Waals surface area contributed by atoms with Crippen LogP contribution >= 0.6 is 23.2 Å². The first kappa shape index (κ1) is 9.88. The number of halogens is 2. The van der Waals surface area contributed by atoms with Crippen LogP contribution in [0.25, 0.3) is 0 Å². The lowest BCUT2D eigenvalue weighted by atomic mass is 9.99. The lowest BCUT2D eigenvalue weighted by Gasteiger charge is -2.10. The molecule has 0 N–H and O–H groups in total. The molecule has 0 aliphatic rings. The van der Waals surface area contributed by atoms with Crippen molar-refractivity contribution in [1.82, 2.24) is 0 Å². The molecular formula is C10H11Cl2. The molecule has 0 spiro atoms. The average Bonchev–Trinajstić information content (AvgIpc) is 2.08. The summed E-state index contributed by atoms with van der Waals surface area (Å²) in [4.78, 5) is 0. The summed E-state index contributed by atoms with van der Waals surface area (Å²) < 4.78 is 0. The Hall–Kier alpha value is -0.200. The normalized spacial score (nSPS) is 10.8. The van der Waals surface area contributed by atoms with Crippen molar-refractivity contribution < 1.29 is 0 Å². The van der Waals surface area contributed by atoms with Crippen LogP contribution in [0.2, 0.25) is 10.0 Å². The molecular weight excluding hydrogens is 191 g/mol. The van der Waals surface area contributed by atoms with Gasteiger partial charge in [0.25, 0.3) is 0 Å². The minimum Gasteiger partial charge on any atom is -0.0843 e. The van der Waals surface area contributed by atoms with Crippen LogP contribution in [-0.2, 0) is 0 Å². The Morgan fingerprint density at radius 2 is 2.00 bits per heavy atom. The smallest absolute Gasteiger partial charge is 0.0444 e. The molecule has 1 aromatic rings. The maximum absolute atomic E-state index is 5.99. The first-order valence-corrected chi connectivity index (χ1v) is 4.68. The molecule has 0 aliphatic heterocycles. The Labute approximate surface area is 83.5 Å². The van der Waals surface area contributed by atoms with E-state index in [1.165, 1.54) is 5.92 Å². The topological polar surface area (TPSA) is 0 Å². The van der Waals surface area contributed by atoms with Crippen LogP contribution in [0.5, 0.6) is 0 Å². The molecule has 0 atom stereocenters. The summed E-state index contributed by atoms with van der Waals surface area (Å²) in [6, 6.07) is 5.54. The van der Waals surface area contributed by atoms with Gasteiger partial charge in [0.2, 0.25) is 0 Å². The minimum atomic E-state index is 0.738. The Bertz CT molecular complexity index is 269. The molecule has 0 saturated carbocycles. The van der Waals surface area contributed by atoms with E-state index in [9.17, 15) is 0 Å². The van der Waals surface area contributed by atoms with Crippen LogP contribution in [-0.4, -0.2) is 0 Å². The predicted molar refractivity (Wildman–Crippen MR) is 54.8 cm³/mol. The molecule has 0 saturated heterocycles. The molecule has 65 valence electrons. The van der Waals surface area contributed by atoms with Gasteiger partial charge in [0.15, 0.2) is 0 Å². The molecule has 1 rings (SSSR count). The van der Waals surface area contributed by atoms with E-state index in [2.05, 4.69) is 13.8 Å².